The quantitative estimate of drug-likeness (QED) is 0.834. The van der Waals surface area contributed by atoms with E-state index < -0.39 is 35.1 Å². The van der Waals surface area contributed by atoms with Gasteiger partial charge in [-0.2, -0.15) is 0 Å². The Bertz CT molecular complexity index is 924. The number of hydrogen-bond donors (Lipinski definition) is 2. The van der Waals surface area contributed by atoms with Gasteiger partial charge in [0.2, 0.25) is 0 Å². The van der Waals surface area contributed by atoms with Gasteiger partial charge in [0.1, 0.15) is 22.2 Å². The zero-order valence-electron chi connectivity index (χ0n) is 14.2. The molecule has 7 nitrogen and oxygen atoms in total. The van der Waals surface area contributed by atoms with Gasteiger partial charge in [0, 0.05) is 11.4 Å². The molecule has 142 valence electrons. The molecule has 0 fully saturated rings. The molecule has 2 aromatic rings. The summed E-state index contributed by atoms with van der Waals surface area (Å²) in [6.45, 7) is 0.489. The third kappa shape index (κ3) is 3.47. The van der Waals surface area contributed by atoms with Gasteiger partial charge in [-0.25, -0.2) is 13.6 Å². The number of benzene rings is 1. The Morgan fingerprint density at radius 2 is 1.89 bits per heavy atom. The lowest BCUT2D eigenvalue weighted by Crippen LogP contribution is -2.35. The van der Waals surface area contributed by atoms with Gasteiger partial charge >= 0.3 is 6.09 Å². The maximum absolute atomic E-state index is 13.8. The predicted molar refractivity (Wildman–Crippen MR) is 93.7 cm³/mol. The zero-order valence-corrected chi connectivity index (χ0v) is 15.0. The molecule has 0 aliphatic carbocycles. The van der Waals surface area contributed by atoms with Crippen molar-refractivity contribution in [2.75, 3.05) is 19.0 Å². The Labute approximate surface area is 156 Å². The molecule has 0 radical (unpaired) electrons. The Morgan fingerprint density at radius 1 is 1.22 bits per heavy atom. The van der Waals surface area contributed by atoms with Crippen LogP contribution < -0.4 is 11.1 Å². The van der Waals surface area contributed by atoms with Crippen molar-refractivity contribution < 1.29 is 27.9 Å². The number of fused-ring (bicyclic) bond motifs is 1. The molecule has 0 spiro atoms. The minimum absolute atomic E-state index is 0.0876. The van der Waals surface area contributed by atoms with Crippen LogP contribution in [0.3, 0.4) is 0 Å². The van der Waals surface area contributed by atoms with E-state index in [0.717, 1.165) is 29.5 Å². The summed E-state index contributed by atoms with van der Waals surface area (Å²) in [6, 6.07) is 3.06. The van der Waals surface area contributed by atoms with Crippen LogP contribution >= 0.6 is 11.3 Å². The Balaban J connectivity index is 1.95. The predicted octanol–water partition coefficient (Wildman–Crippen LogP) is 2.50. The standard InChI is InChI=1S/C17H15F2N3O4S/c1-26-17(25)22-6-5-8-11(7-22)27-16(12(8)14(20)23)21-15(24)13-9(18)3-2-4-10(13)19/h2-4H,5-7H2,1H3,(H2,20,23)(H,21,24). The molecule has 0 bridgehead atoms. The SMILES string of the molecule is COC(=O)N1CCc2c(sc(NC(=O)c3c(F)cccc3F)c2C(N)=O)C1. The second-order valence-electron chi connectivity index (χ2n) is 5.76. The van der Waals surface area contributed by atoms with Crippen LogP contribution in [0, 0.1) is 11.6 Å². The van der Waals surface area contributed by atoms with Crippen LogP contribution in [0.25, 0.3) is 0 Å². The van der Waals surface area contributed by atoms with Crippen molar-refractivity contribution in [3.63, 3.8) is 0 Å². The van der Waals surface area contributed by atoms with Crippen molar-refractivity contribution in [3.05, 3.63) is 51.4 Å². The summed E-state index contributed by atoms with van der Waals surface area (Å²) in [5.41, 5.74) is 5.38. The molecular weight excluding hydrogens is 380 g/mol. The fourth-order valence-corrected chi connectivity index (χ4v) is 4.18. The molecule has 10 heteroatoms. The maximum atomic E-state index is 13.8. The summed E-state index contributed by atoms with van der Waals surface area (Å²) in [6.07, 6.45) is -0.183. The van der Waals surface area contributed by atoms with Crippen molar-refractivity contribution in [3.8, 4) is 0 Å². The summed E-state index contributed by atoms with van der Waals surface area (Å²) < 4.78 is 32.3. The second-order valence-corrected chi connectivity index (χ2v) is 6.87. The lowest BCUT2D eigenvalue weighted by Gasteiger charge is -2.25. The Kier molecular flexibility index (Phi) is 5.08. The van der Waals surface area contributed by atoms with Crippen LogP contribution in [0.4, 0.5) is 18.6 Å². The lowest BCUT2D eigenvalue weighted by atomic mass is 10.0. The normalized spacial score (nSPS) is 13.1. The molecule has 0 saturated carbocycles. The average molecular weight is 395 g/mol. The van der Waals surface area contributed by atoms with E-state index in [1.807, 2.05) is 0 Å². The van der Waals surface area contributed by atoms with Gasteiger partial charge in [0.15, 0.2) is 0 Å². The largest absolute Gasteiger partial charge is 0.453 e. The Hall–Kier alpha value is -3.01. The number of rotatable bonds is 3. The van der Waals surface area contributed by atoms with E-state index in [1.165, 1.54) is 12.0 Å². The first-order chi connectivity index (χ1) is 12.8. The summed E-state index contributed by atoms with van der Waals surface area (Å²) in [5, 5.41) is 2.46. The highest BCUT2D eigenvalue weighted by Crippen LogP contribution is 2.37. The number of methoxy groups -OCH3 is 1. The molecule has 2 heterocycles. The van der Waals surface area contributed by atoms with E-state index in [4.69, 9.17) is 5.73 Å². The highest BCUT2D eigenvalue weighted by Gasteiger charge is 2.30. The molecule has 1 aromatic carbocycles. The van der Waals surface area contributed by atoms with E-state index in [1.54, 1.807) is 0 Å². The minimum Gasteiger partial charge on any atom is -0.453 e. The molecule has 0 atom stereocenters. The summed E-state index contributed by atoms with van der Waals surface area (Å²) in [5.74, 6) is -3.85. The monoisotopic (exact) mass is 395 g/mol. The third-order valence-corrected chi connectivity index (χ3v) is 5.29. The fraction of sp³-hybridized carbons (Fsp3) is 0.235. The number of primary amides is 1. The number of carbonyl (C=O) groups excluding carboxylic acids is 3. The van der Waals surface area contributed by atoms with Gasteiger partial charge < -0.3 is 20.7 Å². The highest BCUT2D eigenvalue weighted by atomic mass is 32.1. The fourth-order valence-electron chi connectivity index (χ4n) is 2.92. The number of halogens is 2. The number of hydrogen-bond acceptors (Lipinski definition) is 5. The molecule has 1 aliphatic heterocycles. The molecule has 3 rings (SSSR count). The number of carbonyl (C=O) groups is 3. The topological polar surface area (TPSA) is 102 Å². The van der Waals surface area contributed by atoms with E-state index in [0.29, 0.717) is 23.4 Å². The van der Waals surface area contributed by atoms with E-state index >= 15 is 0 Å². The summed E-state index contributed by atoms with van der Waals surface area (Å²) in [4.78, 5) is 38.0. The maximum Gasteiger partial charge on any atom is 0.409 e. The van der Waals surface area contributed by atoms with Crippen LogP contribution in [-0.2, 0) is 17.7 Å². The number of anilines is 1. The zero-order chi connectivity index (χ0) is 19.7. The Morgan fingerprint density at radius 3 is 2.48 bits per heavy atom. The van der Waals surface area contributed by atoms with Crippen molar-refractivity contribution >= 4 is 34.2 Å². The van der Waals surface area contributed by atoms with E-state index in [-0.39, 0.29) is 17.1 Å². The molecule has 3 amide bonds. The molecule has 3 N–H and O–H groups in total. The summed E-state index contributed by atoms with van der Waals surface area (Å²) in [7, 11) is 1.26. The number of ether oxygens (including phenoxy) is 1. The minimum atomic E-state index is -1.03. The molecule has 0 unspecified atom stereocenters. The van der Waals surface area contributed by atoms with Crippen LogP contribution in [0.15, 0.2) is 18.2 Å². The molecular formula is C17H15F2N3O4S. The van der Waals surface area contributed by atoms with Crippen molar-refractivity contribution in [1.29, 1.82) is 0 Å². The van der Waals surface area contributed by atoms with Crippen LogP contribution in [0.5, 0.6) is 0 Å². The second kappa shape index (κ2) is 7.31. The number of amides is 3. The van der Waals surface area contributed by atoms with Gasteiger partial charge in [-0.1, -0.05) is 6.07 Å². The number of nitrogens with two attached hydrogens (primary N) is 1. The molecule has 0 saturated heterocycles. The number of nitrogens with zero attached hydrogens (tertiary/aromatic N) is 1. The average Bonchev–Trinajstić information content (AvgIpc) is 2.97. The highest BCUT2D eigenvalue weighted by molar-refractivity contribution is 7.17. The lowest BCUT2D eigenvalue weighted by molar-refractivity contribution is 0.0999. The van der Waals surface area contributed by atoms with Crippen LogP contribution in [0.2, 0.25) is 0 Å². The molecule has 1 aromatic heterocycles. The number of thiophene rings is 1. The van der Waals surface area contributed by atoms with E-state index in [9.17, 15) is 23.2 Å². The van der Waals surface area contributed by atoms with Crippen LogP contribution in [0.1, 0.15) is 31.2 Å². The summed E-state index contributed by atoms with van der Waals surface area (Å²) >= 11 is 1.03. The van der Waals surface area contributed by atoms with Gasteiger partial charge in [0.05, 0.1) is 19.2 Å². The van der Waals surface area contributed by atoms with Gasteiger partial charge in [-0.3, -0.25) is 9.59 Å². The third-order valence-electron chi connectivity index (χ3n) is 4.15. The van der Waals surface area contributed by atoms with Gasteiger partial charge in [0.25, 0.3) is 11.8 Å². The van der Waals surface area contributed by atoms with E-state index in [2.05, 4.69) is 10.1 Å². The number of nitrogens with one attached hydrogen (secondary N) is 1. The molecule has 1 aliphatic rings. The first kappa shape index (κ1) is 18.8. The van der Waals surface area contributed by atoms with Gasteiger partial charge in [-0.15, -0.1) is 11.3 Å². The smallest absolute Gasteiger partial charge is 0.409 e. The van der Waals surface area contributed by atoms with Gasteiger partial charge in [-0.05, 0) is 24.1 Å². The first-order valence-electron chi connectivity index (χ1n) is 7.86. The molecule has 27 heavy (non-hydrogen) atoms. The van der Waals surface area contributed by atoms with Crippen LogP contribution in [-0.4, -0.2) is 36.5 Å². The van der Waals surface area contributed by atoms with Crippen molar-refractivity contribution in [2.24, 2.45) is 5.73 Å². The first-order valence-corrected chi connectivity index (χ1v) is 8.67. The van der Waals surface area contributed by atoms with Crippen molar-refractivity contribution in [2.45, 2.75) is 13.0 Å². The van der Waals surface area contributed by atoms with Crippen molar-refractivity contribution in [1.82, 2.24) is 4.90 Å².